The lowest BCUT2D eigenvalue weighted by molar-refractivity contribution is 0.0682. The van der Waals surface area contributed by atoms with Crippen LogP contribution in [0.2, 0.25) is 0 Å². The zero-order chi connectivity index (χ0) is 19.6. The number of benzene rings is 2. The number of nitrogens with zero attached hydrogens (tertiary/aromatic N) is 1. The highest BCUT2D eigenvalue weighted by Crippen LogP contribution is 2.28. The molecule has 0 amide bonds. The summed E-state index contributed by atoms with van der Waals surface area (Å²) in [6.45, 7) is 0. The lowest BCUT2D eigenvalue weighted by Crippen LogP contribution is -2.05. The monoisotopic (exact) mass is 363 g/mol. The molecule has 0 saturated heterocycles. The summed E-state index contributed by atoms with van der Waals surface area (Å²) in [6, 6.07) is 13.4. The minimum atomic E-state index is -1.26. The summed E-state index contributed by atoms with van der Waals surface area (Å²) < 4.78 is 0. The van der Waals surface area contributed by atoms with Crippen LogP contribution >= 0.6 is 0 Å². The van der Waals surface area contributed by atoms with Gasteiger partial charge in [0.25, 0.3) is 0 Å². The molecule has 7 heteroatoms. The normalized spacial score (nSPS) is 10.4. The van der Waals surface area contributed by atoms with E-state index in [2.05, 4.69) is 4.98 Å². The van der Waals surface area contributed by atoms with E-state index in [9.17, 15) is 19.5 Å². The molecule has 2 aromatic carbocycles. The quantitative estimate of drug-likeness (QED) is 0.633. The van der Waals surface area contributed by atoms with E-state index in [-0.39, 0.29) is 22.3 Å². The lowest BCUT2D eigenvalue weighted by atomic mass is 9.98. The van der Waals surface area contributed by atoms with Crippen molar-refractivity contribution < 1.29 is 29.7 Å². The lowest BCUT2D eigenvalue weighted by Gasteiger charge is -2.09. The summed E-state index contributed by atoms with van der Waals surface area (Å²) in [5, 5.41) is 27.5. The molecule has 3 aromatic rings. The summed E-state index contributed by atoms with van der Waals surface area (Å²) in [6.07, 6.45) is 1.51. The van der Waals surface area contributed by atoms with Gasteiger partial charge in [0.15, 0.2) is 0 Å². The number of rotatable bonds is 5. The van der Waals surface area contributed by atoms with Gasteiger partial charge in [0.05, 0.1) is 22.4 Å². The fourth-order valence-electron chi connectivity index (χ4n) is 2.64. The van der Waals surface area contributed by atoms with Gasteiger partial charge in [-0.1, -0.05) is 18.2 Å². The standard InChI is InChI=1S/C20H13NO6/c22-18(23)12-3-1-11(2-4-12)13-7-8-21-17(10-13)15-6-5-14(19(24)25)9-16(15)20(26)27/h1-10H,(H,22,23)(H,24,25)(H,26,27). The predicted molar refractivity (Wildman–Crippen MR) is 96.0 cm³/mol. The second kappa shape index (κ2) is 7.09. The first-order valence-corrected chi connectivity index (χ1v) is 7.77. The third-order valence-electron chi connectivity index (χ3n) is 4.00. The summed E-state index contributed by atoms with van der Waals surface area (Å²) in [4.78, 5) is 37.8. The van der Waals surface area contributed by atoms with Gasteiger partial charge in [-0.25, -0.2) is 14.4 Å². The number of carbonyl (C=O) groups is 3. The van der Waals surface area contributed by atoms with E-state index in [0.717, 1.165) is 17.2 Å². The van der Waals surface area contributed by atoms with Gasteiger partial charge < -0.3 is 15.3 Å². The molecular weight excluding hydrogens is 350 g/mol. The molecule has 0 spiro atoms. The number of pyridine rings is 1. The molecule has 134 valence electrons. The van der Waals surface area contributed by atoms with Crippen molar-refractivity contribution in [1.29, 1.82) is 0 Å². The van der Waals surface area contributed by atoms with Gasteiger partial charge in [-0.05, 0) is 47.5 Å². The first-order valence-electron chi connectivity index (χ1n) is 7.77. The molecule has 0 aliphatic carbocycles. The summed E-state index contributed by atoms with van der Waals surface area (Å²) >= 11 is 0. The van der Waals surface area contributed by atoms with E-state index in [0.29, 0.717) is 5.69 Å². The predicted octanol–water partition coefficient (Wildman–Crippen LogP) is 3.51. The molecule has 0 saturated carbocycles. The Morgan fingerprint density at radius 1 is 0.667 bits per heavy atom. The second-order valence-corrected chi connectivity index (χ2v) is 5.68. The number of aromatic nitrogens is 1. The van der Waals surface area contributed by atoms with Crippen molar-refractivity contribution in [2.24, 2.45) is 0 Å². The largest absolute Gasteiger partial charge is 0.478 e. The molecule has 0 radical (unpaired) electrons. The molecule has 3 N–H and O–H groups in total. The zero-order valence-electron chi connectivity index (χ0n) is 13.8. The van der Waals surface area contributed by atoms with Crippen molar-refractivity contribution >= 4 is 17.9 Å². The molecule has 0 aliphatic heterocycles. The highest BCUT2D eigenvalue weighted by Gasteiger charge is 2.16. The number of carboxylic acid groups (broad SMARTS) is 3. The molecule has 1 heterocycles. The van der Waals surface area contributed by atoms with E-state index in [4.69, 9.17) is 10.2 Å². The third kappa shape index (κ3) is 3.67. The molecule has 27 heavy (non-hydrogen) atoms. The third-order valence-corrected chi connectivity index (χ3v) is 4.00. The van der Waals surface area contributed by atoms with Crippen molar-refractivity contribution in [2.75, 3.05) is 0 Å². The maximum Gasteiger partial charge on any atom is 0.336 e. The van der Waals surface area contributed by atoms with Crippen LogP contribution in [0.25, 0.3) is 22.4 Å². The first kappa shape index (κ1) is 17.8. The number of aromatic carboxylic acids is 3. The minimum absolute atomic E-state index is 0.128. The number of hydrogen-bond donors (Lipinski definition) is 3. The van der Waals surface area contributed by atoms with Crippen LogP contribution in [0.1, 0.15) is 31.1 Å². The average molecular weight is 363 g/mol. The maximum absolute atomic E-state index is 11.5. The van der Waals surface area contributed by atoms with Crippen LogP contribution in [0.15, 0.2) is 60.8 Å². The minimum Gasteiger partial charge on any atom is -0.478 e. The highest BCUT2D eigenvalue weighted by molar-refractivity contribution is 5.99. The Kier molecular flexibility index (Phi) is 4.68. The van der Waals surface area contributed by atoms with Crippen LogP contribution in [-0.4, -0.2) is 38.2 Å². The van der Waals surface area contributed by atoms with Gasteiger partial charge in [0, 0.05) is 11.8 Å². The van der Waals surface area contributed by atoms with Crippen LogP contribution in [0.4, 0.5) is 0 Å². The van der Waals surface area contributed by atoms with Gasteiger partial charge in [-0.2, -0.15) is 0 Å². The number of carboxylic acids is 3. The maximum atomic E-state index is 11.5. The van der Waals surface area contributed by atoms with Gasteiger partial charge in [-0.3, -0.25) is 4.98 Å². The van der Waals surface area contributed by atoms with Gasteiger partial charge >= 0.3 is 17.9 Å². The van der Waals surface area contributed by atoms with Gasteiger partial charge in [0.2, 0.25) is 0 Å². The van der Waals surface area contributed by atoms with Crippen molar-refractivity contribution in [3.63, 3.8) is 0 Å². The van der Waals surface area contributed by atoms with Crippen LogP contribution in [-0.2, 0) is 0 Å². The van der Waals surface area contributed by atoms with Crippen LogP contribution in [0.3, 0.4) is 0 Å². The molecule has 1 aromatic heterocycles. The van der Waals surface area contributed by atoms with E-state index in [1.807, 2.05) is 0 Å². The highest BCUT2D eigenvalue weighted by atomic mass is 16.4. The number of hydrogen-bond acceptors (Lipinski definition) is 4. The molecule has 0 atom stereocenters. The Labute approximate surface area is 153 Å². The van der Waals surface area contributed by atoms with Crippen molar-refractivity contribution in [1.82, 2.24) is 4.98 Å². The van der Waals surface area contributed by atoms with Crippen molar-refractivity contribution in [2.45, 2.75) is 0 Å². The molecular formula is C20H13NO6. The topological polar surface area (TPSA) is 125 Å². The molecule has 7 nitrogen and oxygen atoms in total. The SMILES string of the molecule is O=C(O)c1ccc(-c2ccnc(-c3ccc(C(=O)O)cc3C(=O)O)c2)cc1. The Morgan fingerprint density at radius 3 is 1.89 bits per heavy atom. The molecule has 3 rings (SSSR count). The second-order valence-electron chi connectivity index (χ2n) is 5.68. The fraction of sp³-hybridized carbons (Fsp3) is 0. The van der Waals surface area contributed by atoms with Gasteiger partial charge in [-0.15, -0.1) is 0 Å². The molecule has 0 unspecified atom stereocenters. The van der Waals surface area contributed by atoms with E-state index in [1.54, 1.807) is 24.3 Å². The van der Waals surface area contributed by atoms with Crippen molar-refractivity contribution in [3.8, 4) is 22.4 Å². The summed E-state index contributed by atoms with van der Waals surface area (Å²) in [7, 11) is 0. The molecule has 0 bridgehead atoms. The summed E-state index contributed by atoms with van der Waals surface area (Å²) in [5.41, 5.74) is 1.97. The van der Waals surface area contributed by atoms with Crippen LogP contribution < -0.4 is 0 Å². The first-order chi connectivity index (χ1) is 12.9. The van der Waals surface area contributed by atoms with E-state index >= 15 is 0 Å². The molecule has 0 fully saturated rings. The van der Waals surface area contributed by atoms with Gasteiger partial charge in [0.1, 0.15) is 0 Å². The van der Waals surface area contributed by atoms with Crippen molar-refractivity contribution in [3.05, 3.63) is 77.5 Å². The van der Waals surface area contributed by atoms with E-state index in [1.165, 1.54) is 30.5 Å². The smallest absolute Gasteiger partial charge is 0.336 e. The Balaban J connectivity index is 2.07. The Bertz CT molecular complexity index is 1060. The zero-order valence-corrected chi connectivity index (χ0v) is 13.8. The Morgan fingerprint density at radius 2 is 1.30 bits per heavy atom. The van der Waals surface area contributed by atoms with Crippen LogP contribution in [0, 0.1) is 0 Å². The molecule has 0 aliphatic rings. The fourth-order valence-corrected chi connectivity index (χ4v) is 2.64. The average Bonchev–Trinajstić information content (AvgIpc) is 2.67. The summed E-state index contributed by atoms with van der Waals surface area (Å²) in [5.74, 6) is -3.50. The van der Waals surface area contributed by atoms with E-state index < -0.39 is 17.9 Å². The van der Waals surface area contributed by atoms with Crippen LogP contribution in [0.5, 0.6) is 0 Å². The Hall–Kier alpha value is -4.00.